The fourth-order valence-electron chi connectivity index (χ4n) is 2.57. The van der Waals surface area contributed by atoms with Gasteiger partial charge < -0.3 is 19.1 Å². The van der Waals surface area contributed by atoms with E-state index < -0.39 is 13.9 Å². The van der Waals surface area contributed by atoms with Crippen molar-refractivity contribution in [3.05, 3.63) is 60.7 Å². The fourth-order valence-corrected chi connectivity index (χ4v) is 2.90. The van der Waals surface area contributed by atoms with Crippen LogP contribution in [0.15, 0.2) is 54.9 Å². The summed E-state index contributed by atoms with van der Waals surface area (Å²) in [6, 6.07) is 13.5. The number of imidazole rings is 1. The number of benzene rings is 1. The van der Waals surface area contributed by atoms with Crippen LogP contribution in [0.25, 0.3) is 22.5 Å². The van der Waals surface area contributed by atoms with Crippen molar-refractivity contribution in [3.8, 4) is 22.5 Å². The quantitative estimate of drug-likeness (QED) is 0.657. The van der Waals surface area contributed by atoms with Gasteiger partial charge in [-0.2, -0.15) is 0 Å². The molecule has 3 aromatic rings. The van der Waals surface area contributed by atoms with Gasteiger partial charge in [0.2, 0.25) is 0 Å². The van der Waals surface area contributed by atoms with E-state index in [9.17, 15) is 4.57 Å². The number of rotatable bonds is 6. The third kappa shape index (κ3) is 4.21. The van der Waals surface area contributed by atoms with E-state index in [1.54, 1.807) is 12.4 Å². The summed E-state index contributed by atoms with van der Waals surface area (Å²) in [5, 5.41) is 0. The Morgan fingerprint density at radius 2 is 1.76 bits per heavy atom. The summed E-state index contributed by atoms with van der Waals surface area (Å²) in [5.74, 6) is 0.583. The minimum absolute atomic E-state index is 0.00648. The molecule has 0 saturated carbocycles. The van der Waals surface area contributed by atoms with Crippen LogP contribution in [0.4, 0.5) is 0 Å². The maximum atomic E-state index is 11.0. The Labute approximate surface area is 145 Å². The second-order valence-electron chi connectivity index (χ2n) is 5.53. The van der Waals surface area contributed by atoms with E-state index in [-0.39, 0.29) is 6.61 Å². The first kappa shape index (κ1) is 17.5. The van der Waals surface area contributed by atoms with E-state index in [1.807, 2.05) is 54.1 Å². The van der Waals surface area contributed by atoms with Gasteiger partial charge >= 0.3 is 7.60 Å². The summed E-state index contributed by atoms with van der Waals surface area (Å²) in [4.78, 5) is 26.6. The third-order valence-electron chi connectivity index (χ3n) is 3.68. The van der Waals surface area contributed by atoms with E-state index in [0.29, 0.717) is 5.82 Å². The van der Waals surface area contributed by atoms with Gasteiger partial charge in [-0.05, 0) is 12.1 Å². The lowest BCUT2D eigenvalue weighted by atomic mass is 10.1. The molecule has 8 heteroatoms. The zero-order chi connectivity index (χ0) is 17.9. The summed E-state index contributed by atoms with van der Waals surface area (Å²) in [6.07, 6.45) is 2.78. The van der Waals surface area contributed by atoms with Gasteiger partial charge in [0.25, 0.3) is 0 Å². The maximum absolute atomic E-state index is 11.0. The molecule has 0 saturated heterocycles. The van der Waals surface area contributed by atoms with Crippen LogP contribution in [0, 0.1) is 0 Å². The van der Waals surface area contributed by atoms with Gasteiger partial charge in [0.15, 0.2) is 0 Å². The van der Waals surface area contributed by atoms with Gasteiger partial charge in [0, 0.05) is 30.6 Å². The Morgan fingerprint density at radius 1 is 1.08 bits per heavy atom. The van der Waals surface area contributed by atoms with E-state index in [2.05, 4.69) is 9.97 Å². The largest absolute Gasteiger partial charge is 0.361 e. The van der Waals surface area contributed by atoms with Gasteiger partial charge in [-0.3, -0.25) is 9.55 Å². The predicted molar refractivity (Wildman–Crippen MR) is 93.6 cm³/mol. The number of ether oxygens (including phenoxy) is 1. The minimum Gasteiger partial charge on any atom is -0.361 e. The fraction of sp³-hybridized carbons (Fsp3) is 0.176. The summed E-state index contributed by atoms with van der Waals surface area (Å²) in [5.41, 5.74) is 3.57. The van der Waals surface area contributed by atoms with Gasteiger partial charge in [-0.25, -0.2) is 4.98 Å². The number of hydrogen-bond acceptors (Lipinski definition) is 4. The van der Waals surface area contributed by atoms with Crippen LogP contribution in [0.2, 0.25) is 0 Å². The van der Waals surface area contributed by atoms with Crippen LogP contribution in [-0.4, -0.2) is 30.7 Å². The molecule has 0 fully saturated rings. The molecule has 2 N–H and O–H groups in total. The second kappa shape index (κ2) is 7.29. The molecule has 0 spiro atoms. The molecule has 130 valence electrons. The Kier molecular flexibility index (Phi) is 5.11. The van der Waals surface area contributed by atoms with Crippen LogP contribution < -0.4 is 0 Å². The lowest BCUT2D eigenvalue weighted by Crippen LogP contribution is -2.03. The number of aromatic nitrogens is 3. The van der Waals surface area contributed by atoms with Gasteiger partial charge in [-0.1, -0.05) is 30.3 Å². The molecule has 2 aromatic heterocycles. The van der Waals surface area contributed by atoms with Crippen molar-refractivity contribution >= 4 is 7.60 Å². The monoisotopic (exact) mass is 359 g/mol. The molecule has 7 nitrogen and oxygen atoms in total. The van der Waals surface area contributed by atoms with Crippen LogP contribution >= 0.6 is 7.60 Å². The topological polar surface area (TPSA) is 97.5 Å². The van der Waals surface area contributed by atoms with E-state index >= 15 is 0 Å². The van der Waals surface area contributed by atoms with Crippen LogP contribution in [0.5, 0.6) is 0 Å². The number of pyridine rings is 1. The third-order valence-corrected chi connectivity index (χ3v) is 4.20. The molecule has 0 aliphatic heterocycles. The summed E-state index contributed by atoms with van der Waals surface area (Å²) < 4.78 is 18.0. The average molecular weight is 359 g/mol. The molecule has 0 atom stereocenters. The first-order chi connectivity index (χ1) is 12.0. The van der Waals surface area contributed by atoms with Crippen LogP contribution in [0.1, 0.15) is 5.82 Å². The normalized spacial score (nSPS) is 11.6. The molecule has 0 bridgehead atoms. The standard InChI is InChI=1S/C17H18N3O4P/c1-20-15(11-24-12-25(21,22)23)19-16(13-5-3-2-4-6-13)17(20)14-7-9-18-10-8-14/h2-10H,11-12H2,1H3,(H2,21,22,23). The van der Waals surface area contributed by atoms with Crippen molar-refractivity contribution in [3.63, 3.8) is 0 Å². The number of nitrogens with zero attached hydrogens (tertiary/aromatic N) is 3. The second-order valence-corrected chi connectivity index (χ2v) is 7.12. The zero-order valence-electron chi connectivity index (χ0n) is 13.6. The van der Waals surface area contributed by atoms with Crippen LogP contribution in [0.3, 0.4) is 0 Å². The Morgan fingerprint density at radius 3 is 2.40 bits per heavy atom. The first-order valence-corrected chi connectivity index (χ1v) is 9.39. The maximum Gasteiger partial charge on any atom is 0.350 e. The van der Waals surface area contributed by atoms with E-state index in [1.165, 1.54) is 0 Å². The van der Waals surface area contributed by atoms with Crippen molar-refractivity contribution in [1.29, 1.82) is 0 Å². The predicted octanol–water partition coefficient (Wildman–Crippen LogP) is 2.80. The minimum atomic E-state index is -4.21. The summed E-state index contributed by atoms with van der Waals surface area (Å²) in [7, 11) is -2.35. The molecule has 0 aliphatic carbocycles. The molecule has 25 heavy (non-hydrogen) atoms. The Hall–Kier alpha value is -2.31. The molecule has 0 amide bonds. The molecule has 0 radical (unpaired) electrons. The molecule has 1 aromatic carbocycles. The van der Waals surface area contributed by atoms with Crippen molar-refractivity contribution in [2.75, 3.05) is 6.35 Å². The van der Waals surface area contributed by atoms with Gasteiger partial charge in [0.1, 0.15) is 18.8 Å². The van der Waals surface area contributed by atoms with E-state index in [0.717, 1.165) is 22.5 Å². The smallest absolute Gasteiger partial charge is 0.350 e. The van der Waals surface area contributed by atoms with E-state index in [4.69, 9.17) is 14.5 Å². The SMILES string of the molecule is Cn1c(COCP(=O)(O)O)nc(-c2ccccc2)c1-c1ccncc1. The molecule has 0 unspecified atom stereocenters. The Balaban J connectivity index is 2.01. The molecular weight excluding hydrogens is 341 g/mol. The lowest BCUT2D eigenvalue weighted by Gasteiger charge is -2.08. The lowest BCUT2D eigenvalue weighted by molar-refractivity contribution is 0.137. The van der Waals surface area contributed by atoms with Gasteiger partial charge in [0.05, 0.1) is 11.4 Å². The highest BCUT2D eigenvalue weighted by molar-refractivity contribution is 7.51. The van der Waals surface area contributed by atoms with Crippen LogP contribution in [-0.2, 0) is 23.0 Å². The number of hydrogen-bond donors (Lipinski definition) is 2. The van der Waals surface area contributed by atoms with Crippen molar-refractivity contribution < 1.29 is 19.1 Å². The van der Waals surface area contributed by atoms with Crippen molar-refractivity contribution in [2.45, 2.75) is 6.61 Å². The summed E-state index contributed by atoms with van der Waals surface area (Å²) in [6.45, 7) is 0.00648. The molecular formula is C17H18N3O4P. The van der Waals surface area contributed by atoms with Crippen molar-refractivity contribution in [2.24, 2.45) is 7.05 Å². The highest BCUT2D eigenvalue weighted by atomic mass is 31.2. The summed E-state index contributed by atoms with van der Waals surface area (Å²) >= 11 is 0. The molecule has 2 heterocycles. The highest BCUT2D eigenvalue weighted by Gasteiger charge is 2.19. The van der Waals surface area contributed by atoms with Crippen molar-refractivity contribution in [1.82, 2.24) is 14.5 Å². The average Bonchev–Trinajstić information content (AvgIpc) is 2.92. The highest BCUT2D eigenvalue weighted by Crippen LogP contribution is 2.35. The van der Waals surface area contributed by atoms with Gasteiger partial charge in [-0.15, -0.1) is 0 Å². The Bertz CT molecular complexity index is 891. The molecule has 3 rings (SSSR count). The molecule has 0 aliphatic rings. The zero-order valence-corrected chi connectivity index (χ0v) is 14.5. The first-order valence-electron chi connectivity index (χ1n) is 7.59.